The Balaban J connectivity index is 0.000000250. The van der Waals surface area contributed by atoms with Gasteiger partial charge in [0.15, 0.2) is 0 Å². The van der Waals surface area contributed by atoms with Crippen LogP contribution in [-0.2, 0) is 30.0 Å². The average Bonchev–Trinajstić information content (AvgIpc) is 3.06. The molecule has 0 radical (unpaired) electrons. The van der Waals surface area contributed by atoms with Gasteiger partial charge in [0.05, 0.1) is 0 Å². The first-order valence-corrected chi connectivity index (χ1v) is 18.2. The molecule has 0 saturated carbocycles. The first-order chi connectivity index (χ1) is 22.1. The van der Waals surface area contributed by atoms with Gasteiger partial charge in [0.25, 0.3) is 0 Å². The van der Waals surface area contributed by atoms with Gasteiger partial charge in [0.2, 0.25) is 18.8 Å². The molecule has 0 aliphatic heterocycles. The van der Waals surface area contributed by atoms with Crippen LogP contribution in [-0.4, -0.2) is 18.8 Å². The second kappa shape index (κ2) is 18.1. The van der Waals surface area contributed by atoms with Crippen LogP contribution in [0.25, 0.3) is 0 Å². The van der Waals surface area contributed by atoms with Crippen molar-refractivity contribution >= 4 is 82.5 Å². The van der Waals surface area contributed by atoms with E-state index in [0.717, 1.165) is 30.4 Å². The Morgan fingerprint density at radius 1 is 0.543 bits per heavy atom. The Kier molecular flexibility index (Phi) is 15.0. The smallest absolute Gasteiger partial charge is 0.217 e. The molecule has 0 aliphatic rings. The maximum absolute atomic E-state index is 12.7. The Labute approximate surface area is 305 Å². The van der Waals surface area contributed by atoms with Gasteiger partial charge in [0, 0.05) is 5.92 Å². The van der Waals surface area contributed by atoms with Gasteiger partial charge in [-0.1, -0.05) is 142 Å². The van der Waals surface area contributed by atoms with Crippen LogP contribution < -0.4 is 0 Å². The van der Waals surface area contributed by atoms with Crippen molar-refractivity contribution in [1.82, 2.24) is 0 Å². The predicted octanol–water partition coefficient (Wildman–Crippen LogP) is 10.7. The molecule has 0 saturated heterocycles. The number of benzene rings is 4. The minimum Gasteiger partial charge on any atom is -0.285 e. The fraction of sp³-hybridized carbons (Fsp3) is 0.263. The van der Waals surface area contributed by atoms with Crippen LogP contribution in [0, 0.1) is 0 Å². The quantitative estimate of drug-likeness (QED) is 0.0935. The van der Waals surface area contributed by atoms with E-state index in [1.54, 1.807) is 0 Å². The van der Waals surface area contributed by atoms with Crippen molar-refractivity contribution in [3.8, 4) is 0 Å². The average molecular weight is 876 g/mol. The molecular weight excluding hydrogens is 840 g/mol. The normalized spacial score (nSPS) is 12.7. The third kappa shape index (κ3) is 8.49. The molecule has 46 heavy (non-hydrogen) atoms. The Morgan fingerprint density at radius 3 is 1.30 bits per heavy atom. The van der Waals surface area contributed by atoms with Crippen LogP contribution in [0.5, 0.6) is 0 Å². The van der Waals surface area contributed by atoms with Crippen LogP contribution in [0.2, 0.25) is 0 Å². The van der Waals surface area contributed by atoms with Crippen molar-refractivity contribution in [1.29, 1.82) is 0 Å². The molecule has 240 valence electrons. The highest BCUT2D eigenvalue weighted by molar-refractivity contribution is 9.19. The van der Waals surface area contributed by atoms with Gasteiger partial charge >= 0.3 is 0 Å². The zero-order valence-corrected chi connectivity index (χ0v) is 32.0. The maximum atomic E-state index is 12.7. The van der Waals surface area contributed by atoms with Crippen molar-refractivity contribution < 1.29 is 19.2 Å². The van der Waals surface area contributed by atoms with Gasteiger partial charge in [0.1, 0.15) is 10.8 Å². The summed E-state index contributed by atoms with van der Waals surface area (Å²) < 4.78 is -1.26. The summed E-state index contributed by atoms with van der Waals surface area (Å²) in [5.74, 6) is -0.130. The molecule has 2 atom stereocenters. The first-order valence-electron chi connectivity index (χ1n) is 15.1. The standard InChI is InChI=1S/2C19H18Br2O2/c1-2-14(15-9-5-3-6-10-15)13-19(17(20)22,18(21)23)16-11-7-4-8-12-16;1-2-9-16(14-10-5-3-6-11-14)19(17(20)22,18(21)23)15-12-7-4-8-13-15/h3-12,14H,2,13H2,1H3;3-8,10-13,16H,2,9H2,1H3. The van der Waals surface area contributed by atoms with Crippen LogP contribution in [0.3, 0.4) is 0 Å². The van der Waals surface area contributed by atoms with Crippen molar-refractivity contribution in [2.75, 3.05) is 0 Å². The van der Waals surface area contributed by atoms with Gasteiger partial charge in [-0.25, -0.2) is 0 Å². The summed E-state index contributed by atoms with van der Waals surface area (Å²) in [6.07, 6.45) is 2.87. The van der Waals surface area contributed by atoms with E-state index in [2.05, 4.69) is 77.6 Å². The zero-order valence-electron chi connectivity index (χ0n) is 25.7. The molecule has 0 aliphatic carbocycles. The van der Waals surface area contributed by atoms with Crippen LogP contribution in [0.4, 0.5) is 0 Å². The highest BCUT2D eigenvalue weighted by atomic mass is 79.9. The molecule has 0 bridgehead atoms. The lowest BCUT2D eigenvalue weighted by Gasteiger charge is -2.36. The Morgan fingerprint density at radius 2 is 0.935 bits per heavy atom. The van der Waals surface area contributed by atoms with E-state index in [0.29, 0.717) is 17.5 Å². The van der Waals surface area contributed by atoms with E-state index in [4.69, 9.17) is 0 Å². The molecule has 4 nitrogen and oxygen atoms in total. The lowest BCUT2D eigenvalue weighted by atomic mass is 9.67. The number of carbonyl (C=O) groups is 4. The summed E-state index contributed by atoms with van der Waals surface area (Å²) in [4.78, 5) is 50.2. The van der Waals surface area contributed by atoms with Crippen molar-refractivity contribution in [2.45, 2.75) is 62.2 Å². The molecule has 4 aromatic carbocycles. The van der Waals surface area contributed by atoms with Gasteiger partial charge in [-0.2, -0.15) is 0 Å². The van der Waals surface area contributed by atoms with E-state index in [9.17, 15) is 19.2 Å². The second-order valence-corrected chi connectivity index (χ2v) is 13.9. The minimum absolute atomic E-state index is 0.111. The highest BCUT2D eigenvalue weighted by Gasteiger charge is 2.51. The molecule has 4 rings (SSSR count). The molecule has 0 aromatic heterocycles. The molecular formula is C38H36Br4O4. The largest absolute Gasteiger partial charge is 0.285 e. The fourth-order valence-corrected chi connectivity index (χ4v) is 9.03. The number of hydrogen-bond acceptors (Lipinski definition) is 4. The van der Waals surface area contributed by atoms with Crippen LogP contribution >= 0.6 is 63.7 Å². The van der Waals surface area contributed by atoms with Gasteiger partial charge in [-0.05, 0) is 111 Å². The van der Waals surface area contributed by atoms with Crippen molar-refractivity contribution in [2.24, 2.45) is 0 Å². The molecule has 0 fully saturated rings. The van der Waals surface area contributed by atoms with E-state index in [1.165, 1.54) is 0 Å². The summed E-state index contributed by atoms with van der Waals surface area (Å²) in [7, 11) is 0. The number of hydrogen-bond donors (Lipinski definition) is 0. The molecule has 8 heteroatoms. The SMILES string of the molecule is CCC(CC(C(=O)Br)(C(=O)Br)c1ccccc1)c1ccccc1.CCCC(c1ccccc1)C(C(=O)Br)(C(=O)Br)c1ccccc1. The maximum Gasteiger partial charge on any atom is 0.217 e. The summed E-state index contributed by atoms with van der Waals surface area (Å²) >= 11 is 12.4. The minimum atomic E-state index is -1.28. The summed E-state index contributed by atoms with van der Waals surface area (Å²) in [5.41, 5.74) is 1.02. The van der Waals surface area contributed by atoms with Gasteiger partial charge < -0.3 is 0 Å². The van der Waals surface area contributed by atoms with E-state index in [1.807, 2.05) is 121 Å². The third-order valence-corrected chi connectivity index (χ3v) is 11.0. The number of carbonyl (C=O) groups excluding carboxylic acids is 4. The fourth-order valence-electron chi connectivity index (χ4n) is 5.99. The molecule has 0 heterocycles. The lowest BCUT2D eigenvalue weighted by molar-refractivity contribution is -0.127. The second-order valence-electron chi connectivity index (χ2n) is 11.0. The first kappa shape index (κ1) is 37.9. The summed E-state index contributed by atoms with van der Waals surface area (Å²) in [6.45, 7) is 4.13. The van der Waals surface area contributed by atoms with Crippen molar-refractivity contribution in [3.05, 3.63) is 144 Å². The van der Waals surface area contributed by atoms with Gasteiger partial charge in [-0.15, -0.1) is 0 Å². The summed E-state index contributed by atoms with van der Waals surface area (Å²) in [6, 6.07) is 38.2. The van der Waals surface area contributed by atoms with E-state index in [-0.39, 0.29) is 30.6 Å². The molecule has 0 spiro atoms. The molecule has 2 unspecified atom stereocenters. The molecule has 0 N–H and O–H groups in total. The topological polar surface area (TPSA) is 68.3 Å². The monoisotopic (exact) mass is 872 g/mol. The zero-order chi connectivity index (χ0) is 33.7. The lowest BCUT2D eigenvalue weighted by Crippen LogP contribution is -2.44. The Bertz CT molecular complexity index is 1550. The molecule has 0 amide bonds. The summed E-state index contributed by atoms with van der Waals surface area (Å²) in [5, 5.41) is 0. The van der Waals surface area contributed by atoms with Gasteiger partial charge in [-0.3, -0.25) is 19.2 Å². The van der Waals surface area contributed by atoms with E-state index >= 15 is 0 Å². The number of halogens is 4. The third-order valence-electron chi connectivity index (χ3n) is 8.41. The van der Waals surface area contributed by atoms with Crippen LogP contribution in [0.15, 0.2) is 121 Å². The number of rotatable bonds is 14. The van der Waals surface area contributed by atoms with Crippen LogP contribution in [0.1, 0.15) is 73.6 Å². The predicted molar refractivity (Wildman–Crippen MR) is 200 cm³/mol. The Hall–Kier alpha value is -2.52. The van der Waals surface area contributed by atoms with Crippen molar-refractivity contribution in [3.63, 3.8) is 0 Å². The molecule has 4 aromatic rings. The highest BCUT2D eigenvalue weighted by Crippen LogP contribution is 2.46. The van der Waals surface area contributed by atoms with E-state index < -0.39 is 10.8 Å².